The predicted octanol–water partition coefficient (Wildman–Crippen LogP) is 2.44. The number of carbonyl (C=O) groups is 1. The first-order chi connectivity index (χ1) is 9.20. The molecule has 100 valence electrons. The number of nitrogens with one attached hydrogen (secondary N) is 2. The van der Waals surface area contributed by atoms with Crippen molar-refractivity contribution in [2.24, 2.45) is 0 Å². The van der Waals surface area contributed by atoms with Crippen LogP contribution < -0.4 is 10.6 Å². The number of amides is 1. The molecule has 19 heavy (non-hydrogen) atoms. The third-order valence-corrected chi connectivity index (χ3v) is 3.51. The molecule has 0 unspecified atom stereocenters. The van der Waals surface area contributed by atoms with Gasteiger partial charge >= 0.3 is 0 Å². The van der Waals surface area contributed by atoms with Gasteiger partial charge in [0.1, 0.15) is 5.54 Å². The molecule has 2 rings (SSSR count). The van der Waals surface area contributed by atoms with Gasteiger partial charge < -0.3 is 10.6 Å². The van der Waals surface area contributed by atoms with Gasteiger partial charge in [-0.15, -0.1) is 0 Å². The van der Waals surface area contributed by atoms with Crippen LogP contribution in [0.5, 0.6) is 0 Å². The zero-order chi connectivity index (χ0) is 13.7. The summed E-state index contributed by atoms with van der Waals surface area (Å²) >= 11 is 0. The van der Waals surface area contributed by atoms with Crippen molar-refractivity contribution in [2.45, 2.75) is 44.2 Å². The molecular weight excluding hydrogens is 238 g/mol. The van der Waals surface area contributed by atoms with Crippen LogP contribution in [0.2, 0.25) is 0 Å². The van der Waals surface area contributed by atoms with Gasteiger partial charge in [0.15, 0.2) is 0 Å². The second kappa shape index (κ2) is 5.75. The third kappa shape index (κ3) is 3.25. The van der Waals surface area contributed by atoms with Crippen molar-refractivity contribution in [3.63, 3.8) is 0 Å². The second-order valence-corrected chi connectivity index (χ2v) is 5.01. The summed E-state index contributed by atoms with van der Waals surface area (Å²) in [6, 6.07) is 11.8. The third-order valence-electron chi connectivity index (χ3n) is 3.51. The molecule has 1 amide bonds. The SMILES string of the molecule is CC[C@@H](CC#N)NC(=O)C1(Nc2ccccc2)CC1. The molecule has 0 saturated heterocycles. The summed E-state index contributed by atoms with van der Waals surface area (Å²) in [4.78, 5) is 12.3. The molecule has 0 aliphatic heterocycles. The van der Waals surface area contributed by atoms with E-state index in [-0.39, 0.29) is 11.9 Å². The van der Waals surface area contributed by atoms with E-state index in [1.54, 1.807) is 0 Å². The summed E-state index contributed by atoms with van der Waals surface area (Å²) in [5.74, 6) is 0.0125. The maximum Gasteiger partial charge on any atom is 0.245 e. The Morgan fingerprint density at radius 1 is 1.42 bits per heavy atom. The van der Waals surface area contributed by atoms with Crippen LogP contribution in [0.1, 0.15) is 32.6 Å². The van der Waals surface area contributed by atoms with E-state index in [9.17, 15) is 4.79 Å². The van der Waals surface area contributed by atoms with Gasteiger partial charge in [-0.25, -0.2) is 0 Å². The summed E-state index contributed by atoms with van der Waals surface area (Å²) in [5, 5.41) is 15.0. The van der Waals surface area contributed by atoms with Gasteiger partial charge in [0, 0.05) is 11.7 Å². The highest BCUT2D eigenvalue weighted by Gasteiger charge is 2.50. The van der Waals surface area contributed by atoms with Crippen LogP contribution in [0, 0.1) is 11.3 Å². The molecule has 0 bridgehead atoms. The van der Waals surface area contributed by atoms with Gasteiger partial charge in [-0.2, -0.15) is 5.26 Å². The fourth-order valence-electron chi connectivity index (χ4n) is 2.06. The monoisotopic (exact) mass is 257 g/mol. The maximum atomic E-state index is 12.3. The molecule has 1 aliphatic carbocycles. The summed E-state index contributed by atoms with van der Waals surface area (Å²) in [6.07, 6.45) is 2.83. The van der Waals surface area contributed by atoms with E-state index in [1.807, 2.05) is 37.3 Å². The highest BCUT2D eigenvalue weighted by Crippen LogP contribution is 2.39. The van der Waals surface area contributed by atoms with Crippen LogP contribution >= 0.6 is 0 Å². The van der Waals surface area contributed by atoms with Crippen molar-refractivity contribution >= 4 is 11.6 Å². The smallest absolute Gasteiger partial charge is 0.245 e. The Labute approximate surface area is 113 Å². The second-order valence-electron chi connectivity index (χ2n) is 5.01. The standard InChI is InChI=1S/C15H19N3O/c1-2-12(8-11-16)17-14(19)15(9-10-15)18-13-6-4-3-5-7-13/h3-7,12,18H,2,8-10H2,1H3,(H,17,19)/t12-/m0/s1. The molecule has 1 aromatic rings. The molecule has 1 saturated carbocycles. The van der Waals surface area contributed by atoms with Crippen molar-refractivity contribution in [3.8, 4) is 6.07 Å². The van der Waals surface area contributed by atoms with Gasteiger partial charge in [-0.1, -0.05) is 25.1 Å². The van der Waals surface area contributed by atoms with Crippen LogP contribution in [0.25, 0.3) is 0 Å². The lowest BCUT2D eigenvalue weighted by Crippen LogP contribution is -2.46. The van der Waals surface area contributed by atoms with Crippen molar-refractivity contribution in [2.75, 3.05) is 5.32 Å². The Morgan fingerprint density at radius 2 is 2.11 bits per heavy atom. The minimum absolute atomic E-state index is 0.0125. The minimum atomic E-state index is -0.468. The van der Waals surface area contributed by atoms with Crippen LogP contribution in [-0.2, 0) is 4.79 Å². The number of nitriles is 1. The Balaban J connectivity index is 1.97. The number of para-hydroxylation sites is 1. The van der Waals surface area contributed by atoms with E-state index in [1.165, 1.54) is 0 Å². The fraction of sp³-hybridized carbons (Fsp3) is 0.467. The van der Waals surface area contributed by atoms with E-state index in [0.29, 0.717) is 6.42 Å². The molecule has 1 fully saturated rings. The molecule has 1 aromatic carbocycles. The number of nitrogens with zero attached hydrogens (tertiary/aromatic N) is 1. The minimum Gasteiger partial charge on any atom is -0.371 e. The molecule has 0 radical (unpaired) electrons. The fourth-order valence-corrected chi connectivity index (χ4v) is 2.06. The zero-order valence-corrected chi connectivity index (χ0v) is 11.1. The van der Waals surface area contributed by atoms with Gasteiger partial charge in [0.05, 0.1) is 12.5 Å². The lowest BCUT2D eigenvalue weighted by molar-refractivity contribution is -0.123. The highest BCUT2D eigenvalue weighted by atomic mass is 16.2. The Hall–Kier alpha value is -2.02. The van der Waals surface area contributed by atoms with Crippen LogP contribution in [0.15, 0.2) is 30.3 Å². The lowest BCUT2D eigenvalue weighted by Gasteiger charge is -2.21. The van der Waals surface area contributed by atoms with Gasteiger partial charge in [0.2, 0.25) is 5.91 Å². The number of hydrogen-bond donors (Lipinski definition) is 2. The Bertz CT molecular complexity index is 474. The first-order valence-corrected chi connectivity index (χ1v) is 6.71. The average Bonchev–Trinajstić information content (AvgIpc) is 3.20. The number of anilines is 1. The number of rotatable bonds is 6. The largest absolute Gasteiger partial charge is 0.371 e. The van der Waals surface area contributed by atoms with Gasteiger partial charge in [0.25, 0.3) is 0 Å². The molecule has 0 heterocycles. The Kier molecular flexibility index (Phi) is 4.06. The number of benzene rings is 1. The van der Waals surface area contributed by atoms with E-state index in [0.717, 1.165) is 24.9 Å². The van der Waals surface area contributed by atoms with E-state index in [4.69, 9.17) is 5.26 Å². The van der Waals surface area contributed by atoms with Crippen molar-refractivity contribution in [3.05, 3.63) is 30.3 Å². The highest BCUT2D eigenvalue weighted by molar-refractivity contribution is 5.92. The molecule has 4 nitrogen and oxygen atoms in total. The summed E-state index contributed by atoms with van der Waals surface area (Å²) in [7, 11) is 0. The van der Waals surface area contributed by atoms with Gasteiger partial charge in [-0.3, -0.25) is 4.79 Å². The van der Waals surface area contributed by atoms with Gasteiger partial charge in [-0.05, 0) is 31.4 Å². The molecule has 1 aliphatic rings. The molecule has 2 N–H and O–H groups in total. The number of hydrogen-bond acceptors (Lipinski definition) is 3. The number of carbonyl (C=O) groups excluding carboxylic acids is 1. The first kappa shape index (κ1) is 13.4. The molecule has 1 atom stereocenters. The van der Waals surface area contributed by atoms with Crippen molar-refractivity contribution in [1.29, 1.82) is 5.26 Å². The van der Waals surface area contributed by atoms with E-state index in [2.05, 4.69) is 16.7 Å². The van der Waals surface area contributed by atoms with Crippen LogP contribution in [0.3, 0.4) is 0 Å². The van der Waals surface area contributed by atoms with Crippen molar-refractivity contribution < 1.29 is 4.79 Å². The van der Waals surface area contributed by atoms with E-state index >= 15 is 0 Å². The predicted molar refractivity (Wildman–Crippen MR) is 74.5 cm³/mol. The van der Waals surface area contributed by atoms with Crippen LogP contribution in [-0.4, -0.2) is 17.5 Å². The van der Waals surface area contributed by atoms with Crippen LogP contribution in [0.4, 0.5) is 5.69 Å². The summed E-state index contributed by atoms with van der Waals surface area (Å²) < 4.78 is 0. The molecule has 0 aromatic heterocycles. The quantitative estimate of drug-likeness (QED) is 0.822. The van der Waals surface area contributed by atoms with E-state index < -0.39 is 5.54 Å². The first-order valence-electron chi connectivity index (χ1n) is 6.71. The molecular formula is C15H19N3O. The normalized spacial score (nSPS) is 17.1. The average molecular weight is 257 g/mol. The summed E-state index contributed by atoms with van der Waals surface area (Å²) in [5.41, 5.74) is 0.494. The van der Waals surface area contributed by atoms with Crippen molar-refractivity contribution in [1.82, 2.24) is 5.32 Å². The molecule has 4 heteroatoms. The molecule has 0 spiro atoms. The summed E-state index contributed by atoms with van der Waals surface area (Å²) in [6.45, 7) is 1.98. The zero-order valence-electron chi connectivity index (χ0n) is 11.1. The lowest BCUT2D eigenvalue weighted by atomic mass is 10.1. The maximum absolute atomic E-state index is 12.3. The Morgan fingerprint density at radius 3 is 2.63 bits per heavy atom. The topological polar surface area (TPSA) is 64.9 Å².